The van der Waals surface area contributed by atoms with E-state index in [1.807, 2.05) is 91.0 Å². The van der Waals surface area contributed by atoms with Gasteiger partial charge in [0.25, 0.3) is 5.91 Å². The van der Waals surface area contributed by atoms with Crippen molar-refractivity contribution in [1.82, 2.24) is 5.43 Å². The number of carbonyl (C=O) groups is 1. The number of nitrogens with zero attached hydrogens (tertiary/aromatic N) is 1. The van der Waals surface area contributed by atoms with Crippen LogP contribution >= 0.6 is 11.6 Å². The molecule has 0 bridgehead atoms. The molecule has 1 N–H and O–H groups in total. The summed E-state index contributed by atoms with van der Waals surface area (Å²) < 4.78 is 11.4. The zero-order valence-corrected chi connectivity index (χ0v) is 18.0. The van der Waals surface area contributed by atoms with Crippen LogP contribution in [0, 0.1) is 0 Å². The first-order valence-corrected chi connectivity index (χ1v) is 10.5. The van der Waals surface area contributed by atoms with Crippen molar-refractivity contribution in [3.63, 3.8) is 0 Å². The minimum Gasteiger partial charge on any atom is -0.489 e. The van der Waals surface area contributed by atoms with Crippen molar-refractivity contribution in [1.29, 1.82) is 0 Å². The summed E-state index contributed by atoms with van der Waals surface area (Å²) in [6, 6.07) is 28.5. The summed E-state index contributed by atoms with van der Waals surface area (Å²) in [5, 5.41) is 6.68. The van der Waals surface area contributed by atoms with Crippen molar-refractivity contribution >= 4 is 34.5 Å². The van der Waals surface area contributed by atoms with Gasteiger partial charge in [-0.25, -0.2) is 5.43 Å². The SMILES string of the molecule is O=C(COc1cccc2ccccc12)N/N=C/c1ccc(OCc2ccccc2Cl)cc1. The number of hydrogen-bond donors (Lipinski definition) is 1. The molecular formula is C26H21ClN2O3. The third kappa shape index (κ3) is 5.65. The Hall–Kier alpha value is -3.83. The molecule has 0 aliphatic heterocycles. The lowest BCUT2D eigenvalue weighted by Crippen LogP contribution is -2.24. The van der Waals surface area contributed by atoms with Gasteiger partial charge in [0.15, 0.2) is 6.61 Å². The van der Waals surface area contributed by atoms with Crippen molar-refractivity contribution in [2.24, 2.45) is 5.10 Å². The molecule has 0 heterocycles. The quantitative estimate of drug-likeness (QED) is 0.284. The molecule has 0 aliphatic carbocycles. The highest BCUT2D eigenvalue weighted by Crippen LogP contribution is 2.25. The maximum Gasteiger partial charge on any atom is 0.277 e. The number of carbonyl (C=O) groups excluding carboxylic acids is 1. The Morgan fingerprint density at radius 3 is 2.47 bits per heavy atom. The molecule has 0 aliphatic rings. The van der Waals surface area contributed by atoms with Crippen LogP contribution in [0.1, 0.15) is 11.1 Å². The molecule has 1 amide bonds. The van der Waals surface area contributed by atoms with Crippen LogP contribution in [0.15, 0.2) is 96.1 Å². The van der Waals surface area contributed by atoms with E-state index >= 15 is 0 Å². The smallest absolute Gasteiger partial charge is 0.277 e. The molecule has 0 saturated carbocycles. The molecule has 4 aromatic carbocycles. The number of ether oxygens (including phenoxy) is 2. The van der Waals surface area contributed by atoms with E-state index in [0.717, 1.165) is 27.6 Å². The minimum atomic E-state index is -0.339. The summed E-state index contributed by atoms with van der Waals surface area (Å²) >= 11 is 6.14. The van der Waals surface area contributed by atoms with Gasteiger partial charge in [0.1, 0.15) is 18.1 Å². The maximum absolute atomic E-state index is 12.1. The number of hydrazone groups is 1. The molecule has 0 unspecified atom stereocenters. The van der Waals surface area contributed by atoms with Crippen LogP contribution < -0.4 is 14.9 Å². The van der Waals surface area contributed by atoms with Crippen LogP contribution in [0.3, 0.4) is 0 Å². The van der Waals surface area contributed by atoms with Crippen LogP contribution in [0.25, 0.3) is 10.8 Å². The van der Waals surface area contributed by atoms with E-state index in [4.69, 9.17) is 21.1 Å². The van der Waals surface area contributed by atoms with Gasteiger partial charge in [-0.05, 0) is 47.3 Å². The van der Waals surface area contributed by atoms with E-state index < -0.39 is 0 Å². The zero-order valence-electron chi connectivity index (χ0n) is 17.2. The van der Waals surface area contributed by atoms with Gasteiger partial charge in [-0.15, -0.1) is 0 Å². The number of amides is 1. The van der Waals surface area contributed by atoms with Gasteiger partial charge in [0, 0.05) is 16.0 Å². The van der Waals surface area contributed by atoms with Crippen LogP contribution in [-0.2, 0) is 11.4 Å². The van der Waals surface area contributed by atoms with Crippen LogP contribution in [0.2, 0.25) is 5.02 Å². The Balaban J connectivity index is 1.25. The second-order valence-electron chi connectivity index (χ2n) is 7.01. The molecule has 6 heteroatoms. The van der Waals surface area contributed by atoms with Gasteiger partial charge in [0.05, 0.1) is 6.21 Å². The number of nitrogens with one attached hydrogen (secondary N) is 1. The Morgan fingerprint density at radius 1 is 0.875 bits per heavy atom. The molecule has 4 rings (SSSR count). The summed E-state index contributed by atoms with van der Waals surface area (Å²) in [6.07, 6.45) is 1.56. The molecule has 0 atom stereocenters. The van der Waals surface area contributed by atoms with Gasteiger partial charge in [-0.1, -0.05) is 66.2 Å². The van der Waals surface area contributed by atoms with Crippen LogP contribution in [-0.4, -0.2) is 18.7 Å². The molecule has 0 spiro atoms. The van der Waals surface area contributed by atoms with Gasteiger partial charge in [-0.3, -0.25) is 4.79 Å². The third-order valence-electron chi connectivity index (χ3n) is 4.74. The molecular weight excluding hydrogens is 424 g/mol. The van der Waals surface area contributed by atoms with Gasteiger partial charge in [0.2, 0.25) is 0 Å². The monoisotopic (exact) mass is 444 g/mol. The van der Waals surface area contributed by atoms with Crippen molar-refractivity contribution in [2.75, 3.05) is 6.61 Å². The first-order chi connectivity index (χ1) is 15.7. The van der Waals surface area contributed by atoms with Crippen molar-refractivity contribution in [3.05, 3.63) is 107 Å². The Kier molecular flexibility index (Phi) is 7.00. The molecule has 0 saturated heterocycles. The average Bonchev–Trinajstić information content (AvgIpc) is 2.83. The second kappa shape index (κ2) is 10.5. The molecule has 0 aromatic heterocycles. The second-order valence-corrected chi connectivity index (χ2v) is 7.42. The van der Waals surface area contributed by atoms with E-state index in [1.165, 1.54) is 0 Å². The molecule has 32 heavy (non-hydrogen) atoms. The Bertz CT molecular complexity index is 1230. The van der Waals surface area contributed by atoms with E-state index in [9.17, 15) is 4.79 Å². The van der Waals surface area contributed by atoms with Crippen molar-refractivity contribution in [2.45, 2.75) is 6.61 Å². The first kappa shape index (κ1) is 21.4. The van der Waals surface area contributed by atoms with E-state index in [2.05, 4.69) is 10.5 Å². The first-order valence-electron chi connectivity index (χ1n) is 10.1. The van der Waals surface area contributed by atoms with Gasteiger partial charge in [-0.2, -0.15) is 5.10 Å². The number of halogens is 1. The third-order valence-corrected chi connectivity index (χ3v) is 5.11. The average molecular weight is 445 g/mol. The fourth-order valence-electron chi connectivity index (χ4n) is 3.10. The summed E-state index contributed by atoms with van der Waals surface area (Å²) in [5.41, 5.74) is 4.23. The molecule has 4 aromatic rings. The fourth-order valence-corrected chi connectivity index (χ4v) is 3.29. The van der Waals surface area contributed by atoms with Gasteiger partial charge < -0.3 is 9.47 Å². The van der Waals surface area contributed by atoms with Crippen LogP contribution in [0.5, 0.6) is 11.5 Å². The number of rotatable bonds is 8. The molecule has 160 valence electrons. The highest BCUT2D eigenvalue weighted by atomic mass is 35.5. The molecule has 0 radical (unpaired) electrons. The Morgan fingerprint density at radius 2 is 1.62 bits per heavy atom. The highest BCUT2D eigenvalue weighted by molar-refractivity contribution is 6.31. The largest absolute Gasteiger partial charge is 0.489 e. The normalized spacial score (nSPS) is 10.9. The molecule has 5 nitrogen and oxygen atoms in total. The summed E-state index contributed by atoms with van der Waals surface area (Å²) in [7, 11) is 0. The van der Waals surface area contributed by atoms with E-state index in [-0.39, 0.29) is 12.5 Å². The molecule has 0 fully saturated rings. The highest BCUT2D eigenvalue weighted by Gasteiger charge is 2.05. The van der Waals surface area contributed by atoms with E-state index in [1.54, 1.807) is 6.21 Å². The lowest BCUT2D eigenvalue weighted by molar-refractivity contribution is -0.123. The minimum absolute atomic E-state index is 0.125. The van der Waals surface area contributed by atoms with Crippen molar-refractivity contribution in [3.8, 4) is 11.5 Å². The predicted octanol–water partition coefficient (Wildman–Crippen LogP) is 5.60. The Labute approximate surface area is 191 Å². The topological polar surface area (TPSA) is 59.9 Å². The zero-order chi connectivity index (χ0) is 22.2. The predicted molar refractivity (Wildman–Crippen MR) is 127 cm³/mol. The van der Waals surface area contributed by atoms with Crippen LogP contribution in [0.4, 0.5) is 0 Å². The van der Waals surface area contributed by atoms with Gasteiger partial charge >= 0.3 is 0 Å². The number of hydrogen-bond acceptors (Lipinski definition) is 4. The maximum atomic E-state index is 12.1. The van der Waals surface area contributed by atoms with Crippen molar-refractivity contribution < 1.29 is 14.3 Å². The summed E-state index contributed by atoms with van der Waals surface area (Å²) in [4.78, 5) is 12.1. The lowest BCUT2D eigenvalue weighted by atomic mass is 10.1. The summed E-state index contributed by atoms with van der Waals surface area (Å²) in [5.74, 6) is 1.04. The lowest BCUT2D eigenvalue weighted by Gasteiger charge is -2.08. The number of fused-ring (bicyclic) bond motifs is 1. The fraction of sp³-hybridized carbons (Fsp3) is 0.0769. The standard InChI is InChI=1S/C26H21ClN2O3/c27-24-10-4-2-7-21(24)17-31-22-14-12-19(13-15-22)16-28-29-26(30)18-32-25-11-5-8-20-6-1-3-9-23(20)25/h1-16H,17-18H2,(H,29,30)/b28-16+. The summed E-state index contributed by atoms with van der Waals surface area (Å²) in [6.45, 7) is 0.264. The van der Waals surface area contributed by atoms with E-state index in [0.29, 0.717) is 17.4 Å². The number of benzene rings is 4.